The van der Waals surface area contributed by atoms with Gasteiger partial charge < -0.3 is 10.6 Å². The average molecular weight is 336 g/mol. The Bertz CT molecular complexity index is 576. The minimum absolute atomic E-state index is 0. The van der Waals surface area contributed by atoms with Gasteiger partial charge in [0.1, 0.15) is 0 Å². The molecule has 120 valence electrons. The molecule has 21 heavy (non-hydrogen) atoms. The quantitative estimate of drug-likeness (QED) is 0.655. The fourth-order valence-corrected chi connectivity index (χ4v) is 2.72. The molecular formula is C13H22ClN3O3S. The number of halogens is 1. The highest BCUT2D eigenvalue weighted by Gasteiger charge is 2.15. The van der Waals surface area contributed by atoms with E-state index >= 15 is 0 Å². The van der Waals surface area contributed by atoms with Gasteiger partial charge in [0.2, 0.25) is 15.9 Å². The van der Waals surface area contributed by atoms with Gasteiger partial charge in [0.25, 0.3) is 0 Å². The molecule has 0 fully saturated rings. The van der Waals surface area contributed by atoms with Crippen molar-refractivity contribution in [1.29, 1.82) is 0 Å². The zero-order chi connectivity index (χ0) is 15.2. The molecule has 0 saturated heterocycles. The van der Waals surface area contributed by atoms with E-state index in [0.717, 1.165) is 13.0 Å². The summed E-state index contributed by atoms with van der Waals surface area (Å²) in [6.07, 6.45) is 1.12. The molecule has 0 spiro atoms. The van der Waals surface area contributed by atoms with Crippen LogP contribution in [-0.2, 0) is 14.8 Å². The number of nitrogens with one attached hydrogen (secondary N) is 3. The predicted molar refractivity (Wildman–Crippen MR) is 86.5 cm³/mol. The first-order valence-electron chi connectivity index (χ1n) is 6.39. The van der Waals surface area contributed by atoms with E-state index in [1.54, 1.807) is 19.1 Å². The summed E-state index contributed by atoms with van der Waals surface area (Å²) in [7, 11) is -0.334. The lowest BCUT2D eigenvalue weighted by molar-refractivity contribution is -0.116. The zero-order valence-corrected chi connectivity index (χ0v) is 14.0. The van der Waals surface area contributed by atoms with Crippen LogP contribution in [0, 0.1) is 6.92 Å². The van der Waals surface area contributed by atoms with E-state index in [0.29, 0.717) is 17.7 Å². The molecule has 0 aliphatic heterocycles. The van der Waals surface area contributed by atoms with Crippen LogP contribution in [0.15, 0.2) is 23.1 Å². The first-order valence-corrected chi connectivity index (χ1v) is 7.87. The van der Waals surface area contributed by atoms with Crippen molar-refractivity contribution in [3.05, 3.63) is 23.8 Å². The Kier molecular flexibility index (Phi) is 8.50. The summed E-state index contributed by atoms with van der Waals surface area (Å²) in [5, 5.41) is 5.67. The molecule has 6 nitrogen and oxygen atoms in total. The fourth-order valence-electron chi connectivity index (χ4n) is 1.73. The van der Waals surface area contributed by atoms with Crippen LogP contribution in [-0.4, -0.2) is 35.0 Å². The number of amides is 1. The molecule has 0 heterocycles. The van der Waals surface area contributed by atoms with Gasteiger partial charge in [0.15, 0.2) is 0 Å². The zero-order valence-electron chi connectivity index (χ0n) is 12.4. The highest BCUT2D eigenvalue weighted by molar-refractivity contribution is 7.89. The maximum absolute atomic E-state index is 11.8. The average Bonchev–Trinajstić information content (AvgIpc) is 2.41. The van der Waals surface area contributed by atoms with Crippen molar-refractivity contribution in [2.45, 2.75) is 24.7 Å². The molecule has 1 aromatic rings. The van der Waals surface area contributed by atoms with Crippen molar-refractivity contribution in [2.75, 3.05) is 26.0 Å². The Morgan fingerprint density at radius 3 is 2.48 bits per heavy atom. The van der Waals surface area contributed by atoms with E-state index in [1.807, 2.05) is 7.05 Å². The van der Waals surface area contributed by atoms with Crippen LogP contribution in [0.4, 0.5) is 5.69 Å². The van der Waals surface area contributed by atoms with Gasteiger partial charge in [-0.3, -0.25) is 4.79 Å². The van der Waals surface area contributed by atoms with Crippen molar-refractivity contribution in [2.24, 2.45) is 0 Å². The van der Waals surface area contributed by atoms with Crippen molar-refractivity contribution in [3.8, 4) is 0 Å². The predicted octanol–water partition coefficient (Wildman–Crippen LogP) is 1.26. The van der Waals surface area contributed by atoms with E-state index in [9.17, 15) is 13.2 Å². The minimum atomic E-state index is -3.52. The highest BCUT2D eigenvalue weighted by atomic mass is 35.5. The first kappa shape index (κ1) is 19.9. The van der Waals surface area contributed by atoms with E-state index in [-0.39, 0.29) is 23.2 Å². The third-order valence-corrected chi connectivity index (χ3v) is 4.42. The SMILES string of the molecule is CNCCCC(=O)Nc1ccc(C)c(S(=O)(=O)NC)c1.Cl. The summed E-state index contributed by atoms with van der Waals surface area (Å²) in [6.45, 7) is 2.48. The van der Waals surface area contributed by atoms with Gasteiger partial charge in [-0.05, 0) is 51.7 Å². The molecule has 0 aliphatic carbocycles. The van der Waals surface area contributed by atoms with Crippen LogP contribution in [0.25, 0.3) is 0 Å². The molecule has 8 heteroatoms. The van der Waals surface area contributed by atoms with Crippen molar-refractivity contribution in [3.63, 3.8) is 0 Å². The normalized spacial score (nSPS) is 10.8. The third kappa shape index (κ3) is 6.01. The maximum atomic E-state index is 11.8. The molecule has 0 radical (unpaired) electrons. The van der Waals surface area contributed by atoms with Crippen molar-refractivity contribution in [1.82, 2.24) is 10.0 Å². The molecule has 3 N–H and O–H groups in total. The molecule has 1 aromatic carbocycles. The van der Waals surface area contributed by atoms with Gasteiger partial charge >= 0.3 is 0 Å². The molecule has 0 bridgehead atoms. The molecule has 0 aliphatic rings. The number of benzene rings is 1. The molecule has 1 rings (SSSR count). The minimum Gasteiger partial charge on any atom is -0.326 e. The Morgan fingerprint density at radius 1 is 1.24 bits per heavy atom. The molecule has 0 saturated carbocycles. The van der Waals surface area contributed by atoms with Crippen LogP contribution in [0.1, 0.15) is 18.4 Å². The molecule has 1 amide bonds. The lowest BCUT2D eigenvalue weighted by atomic mass is 10.2. The molecule has 0 unspecified atom stereocenters. The summed E-state index contributed by atoms with van der Waals surface area (Å²) < 4.78 is 25.9. The van der Waals surface area contributed by atoms with Crippen molar-refractivity contribution >= 4 is 34.0 Å². The number of anilines is 1. The van der Waals surface area contributed by atoms with Gasteiger partial charge in [-0.2, -0.15) is 0 Å². The number of sulfonamides is 1. The van der Waals surface area contributed by atoms with E-state index in [2.05, 4.69) is 15.4 Å². The third-order valence-electron chi connectivity index (χ3n) is 2.86. The van der Waals surface area contributed by atoms with E-state index in [4.69, 9.17) is 0 Å². The van der Waals surface area contributed by atoms with Gasteiger partial charge in [-0.25, -0.2) is 13.1 Å². The van der Waals surface area contributed by atoms with Gasteiger partial charge in [0.05, 0.1) is 4.90 Å². The van der Waals surface area contributed by atoms with E-state index in [1.165, 1.54) is 13.1 Å². The lowest BCUT2D eigenvalue weighted by Crippen LogP contribution is -2.20. The van der Waals surface area contributed by atoms with Gasteiger partial charge in [-0.15, -0.1) is 12.4 Å². The van der Waals surface area contributed by atoms with Crippen molar-refractivity contribution < 1.29 is 13.2 Å². The second-order valence-electron chi connectivity index (χ2n) is 4.44. The van der Waals surface area contributed by atoms with Crippen LogP contribution < -0.4 is 15.4 Å². The highest BCUT2D eigenvalue weighted by Crippen LogP contribution is 2.20. The van der Waals surface area contributed by atoms with Crippen LogP contribution in [0.2, 0.25) is 0 Å². The number of carbonyl (C=O) groups is 1. The summed E-state index contributed by atoms with van der Waals surface area (Å²) in [5.41, 5.74) is 1.12. The molecule has 0 aromatic heterocycles. The number of aryl methyl sites for hydroxylation is 1. The number of rotatable bonds is 7. The van der Waals surface area contributed by atoms with Crippen LogP contribution in [0.5, 0.6) is 0 Å². The summed E-state index contributed by atoms with van der Waals surface area (Å²) in [4.78, 5) is 11.9. The number of hydrogen-bond acceptors (Lipinski definition) is 4. The second-order valence-corrected chi connectivity index (χ2v) is 6.30. The Morgan fingerprint density at radius 2 is 1.90 bits per heavy atom. The Labute approximate surface area is 132 Å². The largest absolute Gasteiger partial charge is 0.326 e. The number of carbonyl (C=O) groups excluding carboxylic acids is 1. The standard InChI is InChI=1S/C13H21N3O3S.ClH/c1-10-6-7-11(9-12(10)20(18,19)15-3)16-13(17)5-4-8-14-2;/h6-7,9,14-15H,4-5,8H2,1-3H3,(H,16,17);1H. The maximum Gasteiger partial charge on any atom is 0.240 e. The first-order chi connectivity index (χ1) is 9.40. The monoisotopic (exact) mass is 335 g/mol. The Hall–Kier alpha value is -1.15. The van der Waals surface area contributed by atoms with Gasteiger partial charge in [0, 0.05) is 12.1 Å². The Balaban J connectivity index is 0.00000400. The molecule has 0 atom stereocenters. The van der Waals surface area contributed by atoms with Crippen LogP contribution >= 0.6 is 12.4 Å². The molecular weight excluding hydrogens is 314 g/mol. The topological polar surface area (TPSA) is 87.3 Å². The van der Waals surface area contributed by atoms with E-state index < -0.39 is 10.0 Å². The number of hydrogen-bond donors (Lipinski definition) is 3. The fraction of sp³-hybridized carbons (Fsp3) is 0.462. The summed E-state index contributed by atoms with van der Waals surface area (Å²) >= 11 is 0. The van der Waals surface area contributed by atoms with Crippen LogP contribution in [0.3, 0.4) is 0 Å². The summed E-state index contributed by atoms with van der Waals surface area (Å²) in [5.74, 6) is -0.128. The second kappa shape index (κ2) is 8.99. The summed E-state index contributed by atoms with van der Waals surface area (Å²) in [6, 6.07) is 4.84. The lowest BCUT2D eigenvalue weighted by Gasteiger charge is -2.10. The van der Waals surface area contributed by atoms with Gasteiger partial charge in [-0.1, -0.05) is 6.07 Å². The smallest absolute Gasteiger partial charge is 0.240 e.